The highest BCUT2D eigenvalue weighted by atomic mass is 16.5. The first kappa shape index (κ1) is 14.2. The Morgan fingerprint density at radius 1 is 1.16 bits per heavy atom. The molecule has 106 valence electrons. The molecule has 19 heavy (non-hydrogen) atoms. The maximum absolute atomic E-state index is 5.85. The molecular formula is C15H24N2O2. The van der Waals surface area contributed by atoms with Crippen molar-refractivity contribution in [1.82, 2.24) is 10.2 Å². The molecule has 1 aliphatic heterocycles. The van der Waals surface area contributed by atoms with E-state index in [1.54, 1.807) is 0 Å². The lowest BCUT2D eigenvalue weighted by molar-refractivity contribution is 0.180. The average Bonchev–Trinajstić information content (AvgIpc) is 2.41. The second-order valence-electron chi connectivity index (χ2n) is 5.05. The Hall–Kier alpha value is -1.26. The van der Waals surface area contributed by atoms with Gasteiger partial charge in [0.05, 0.1) is 6.10 Å². The topological polar surface area (TPSA) is 33.7 Å². The first-order chi connectivity index (χ1) is 9.25. The fourth-order valence-corrected chi connectivity index (χ4v) is 2.14. The third-order valence-corrected chi connectivity index (χ3v) is 3.09. The number of rotatable bonds is 6. The molecule has 0 aromatic heterocycles. The summed E-state index contributed by atoms with van der Waals surface area (Å²) in [6.07, 6.45) is 0.165. The largest absolute Gasteiger partial charge is 0.488 e. The summed E-state index contributed by atoms with van der Waals surface area (Å²) in [4.78, 5) is 2.42. The van der Waals surface area contributed by atoms with E-state index in [9.17, 15) is 0 Å². The predicted octanol–water partition coefficient (Wildman–Crippen LogP) is 1.76. The van der Waals surface area contributed by atoms with E-state index in [2.05, 4.69) is 10.2 Å². The van der Waals surface area contributed by atoms with Crippen LogP contribution in [-0.4, -0.2) is 50.3 Å². The first-order valence-corrected chi connectivity index (χ1v) is 7.07. The molecule has 1 N–H and O–H groups in total. The molecule has 0 radical (unpaired) electrons. The van der Waals surface area contributed by atoms with Crippen molar-refractivity contribution in [2.24, 2.45) is 0 Å². The van der Waals surface area contributed by atoms with E-state index in [1.165, 1.54) is 0 Å². The maximum atomic E-state index is 5.85. The lowest BCUT2D eigenvalue weighted by Crippen LogP contribution is -2.44. The highest BCUT2D eigenvalue weighted by Crippen LogP contribution is 2.27. The second kappa shape index (κ2) is 7.36. The molecule has 0 amide bonds. The molecule has 1 aromatic carbocycles. The summed E-state index contributed by atoms with van der Waals surface area (Å²) < 4.78 is 11.6. The minimum atomic E-state index is 0.165. The molecule has 1 saturated heterocycles. The molecule has 0 spiro atoms. The first-order valence-electron chi connectivity index (χ1n) is 7.07. The summed E-state index contributed by atoms with van der Waals surface area (Å²) >= 11 is 0. The van der Waals surface area contributed by atoms with E-state index < -0.39 is 0 Å². The van der Waals surface area contributed by atoms with Crippen LogP contribution >= 0.6 is 0 Å². The van der Waals surface area contributed by atoms with E-state index in [1.807, 2.05) is 38.1 Å². The standard InChI is InChI=1S/C15H24N2O2/c1-13(2)19-15-6-4-3-5-14(15)18-12-11-17-9-7-16-8-10-17/h3-6,13,16H,7-12H2,1-2H3. The Kier molecular flexibility index (Phi) is 5.48. The molecule has 0 saturated carbocycles. The van der Waals surface area contributed by atoms with Crippen molar-refractivity contribution in [2.45, 2.75) is 20.0 Å². The second-order valence-corrected chi connectivity index (χ2v) is 5.05. The molecule has 0 atom stereocenters. The Morgan fingerprint density at radius 2 is 1.84 bits per heavy atom. The summed E-state index contributed by atoms with van der Waals surface area (Å²) in [5.41, 5.74) is 0. The third kappa shape index (κ3) is 4.73. The fraction of sp³-hybridized carbons (Fsp3) is 0.600. The van der Waals surface area contributed by atoms with Crippen LogP contribution in [0.15, 0.2) is 24.3 Å². The van der Waals surface area contributed by atoms with Gasteiger partial charge >= 0.3 is 0 Å². The van der Waals surface area contributed by atoms with E-state index in [0.717, 1.165) is 44.2 Å². The number of ether oxygens (including phenoxy) is 2. The van der Waals surface area contributed by atoms with Gasteiger partial charge in [0.1, 0.15) is 6.61 Å². The normalized spacial score (nSPS) is 16.6. The van der Waals surface area contributed by atoms with Crippen molar-refractivity contribution >= 4 is 0 Å². The van der Waals surface area contributed by atoms with Gasteiger partial charge in [0.15, 0.2) is 11.5 Å². The molecule has 4 heteroatoms. The zero-order valence-corrected chi connectivity index (χ0v) is 11.9. The summed E-state index contributed by atoms with van der Waals surface area (Å²) in [5.74, 6) is 1.67. The smallest absolute Gasteiger partial charge is 0.161 e. The van der Waals surface area contributed by atoms with Crippen LogP contribution in [0.1, 0.15) is 13.8 Å². The lowest BCUT2D eigenvalue weighted by atomic mass is 10.3. The monoisotopic (exact) mass is 264 g/mol. The molecule has 1 fully saturated rings. The van der Waals surface area contributed by atoms with E-state index in [4.69, 9.17) is 9.47 Å². The van der Waals surface area contributed by atoms with E-state index >= 15 is 0 Å². The molecule has 4 nitrogen and oxygen atoms in total. The molecule has 0 unspecified atom stereocenters. The fourth-order valence-electron chi connectivity index (χ4n) is 2.14. The van der Waals surface area contributed by atoms with Gasteiger partial charge in [-0.1, -0.05) is 12.1 Å². The summed E-state index contributed by atoms with van der Waals surface area (Å²) in [6.45, 7) is 10.1. The van der Waals surface area contributed by atoms with Crippen LogP contribution in [0.2, 0.25) is 0 Å². The lowest BCUT2D eigenvalue weighted by Gasteiger charge is -2.27. The zero-order chi connectivity index (χ0) is 13.5. The Labute approximate surface area is 115 Å². The van der Waals surface area contributed by atoms with Crippen LogP contribution in [-0.2, 0) is 0 Å². The van der Waals surface area contributed by atoms with Crippen LogP contribution < -0.4 is 14.8 Å². The van der Waals surface area contributed by atoms with Crippen LogP contribution in [0, 0.1) is 0 Å². The van der Waals surface area contributed by atoms with Crippen LogP contribution in [0.5, 0.6) is 11.5 Å². The Morgan fingerprint density at radius 3 is 2.53 bits per heavy atom. The number of para-hydroxylation sites is 2. The number of nitrogens with one attached hydrogen (secondary N) is 1. The van der Waals surface area contributed by atoms with Crippen molar-refractivity contribution in [3.8, 4) is 11.5 Å². The maximum Gasteiger partial charge on any atom is 0.161 e. The minimum Gasteiger partial charge on any atom is -0.488 e. The average molecular weight is 264 g/mol. The predicted molar refractivity (Wildman–Crippen MR) is 77.0 cm³/mol. The highest BCUT2D eigenvalue weighted by Gasteiger charge is 2.10. The van der Waals surface area contributed by atoms with Gasteiger partial charge in [-0.25, -0.2) is 0 Å². The van der Waals surface area contributed by atoms with Crippen LogP contribution in [0.4, 0.5) is 0 Å². The van der Waals surface area contributed by atoms with Gasteiger partial charge < -0.3 is 14.8 Å². The Balaban J connectivity index is 1.81. The number of hydrogen-bond donors (Lipinski definition) is 1. The van der Waals surface area contributed by atoms with Crippen LogP contribution in [0.3, 0.4) is 0 Å². The number of piperazine rings is 1. The number of nitrogens with zero attached hydrogens (tertiary/aromatic N) is 1. The minimum absolute atomic E-state index is 0.165. The molecule has 1 heterocycles. The highest BCUT2D eigenvalue weighted by molar-refractivity contribution is 5.39. The quantitative estimate of drug-likeness (QED) is 0.849. The van der Waals surface area contributed by atoms with Crippen molar-refractivity contribution < 1.29 is 9.47 Å². The molecular weight excluding hydrogens is 240 g/mol. The third-order valence-electron chi connectivity index (χ3n) is 3.09. The van der Waals surface area contributed by atoms with Gasteiger partial charge in [-0.2, -0.15) is 0 Å². The van der Waals surface area contributed by atoms with Crippen molar-refractivity contribution in [2.75, 3.05) is 39.3 Å². The molecule has 0 bridgehead atoms. The zero-order valence-electron chi connectivity index (χ0n) is 11.9. The summed E-state index contributed by atoms with van der Waals surface area (Å²) in [5, 5.41) is 3.35. The van der Waals surface area contributed by atoms with Crippen molar-refractivity contribution in [3.05, 3.63) is 24.3 Å². The van der Waals surface area contributed by atoms with E-state index in [0.29, 0.717) is 6.61 Å². The summed E-state index contributed by atoms with van der Waals surface area (Å²) in [6, 6.07) is 7.88. The molecule has 0 aliphatic carbocycles. The van der Waals surface area contributed by atoms with Gasteiger partial charge in [-0.3, -0.25) is 4.90 Å². The van der Waals surface area contributed by atoms with Gasteiger partial charge in [0.2, 0.25) is 0 Å². The molecule has 2 rings (SSSR count). The molecule has 1 aromatic rings. The van der Waals surface area contributed by atoms with Crippen LogP contribution in [0.25, 0.3) is 0 Å². The summed E-state index contributed by atoms with van der Waals surface area (Å²) in [7, 11) is 0. The van der Waals surface area contributed by atoms with Gasteiger partial charge in [0.25, 0.3) is 0 Å². The van der Waals surface area contributed by atoms with Gasteiger partial charge in [-0.05, 0) is 26.0 Å². The molecule has 1 aliphatic rings. The van der Waals surface area contributed by atoms with Gasteiger partial charge in [-0.15, -0.1) is 0 Å². The van der Waals surface area contributed by atoms with Crippen molar-refractivity contribution in [1.29, 1.82) is 0 Å². The Bertz CT molecular complexity index is 376. The number of benzene rings is 1. The van der Waals surface area contributed by atoms with E-state index in [-0.39, 0.29) is 6.10 Å². The van der Waals surface area contributed by atoms with Crippen molar-refractivity contribution in [3.63, 3.8) is 0 Å². The number of hydrogen-bond acceptors (Lipinski definition) is 4. The SMILES string of the molecule is CC(C)Oc1ccccc1OCCN1CCNCC1. The van der Waals surface area contributed by atoms with Gasteiger partial charge in [0, 0.05) is 32.7 Å².